The van der Waals surface area contributed by atoms with E-state index in [1.807, 2.05) is 0 Å². The maximum atomic E-state index is 12.9. The number of carbonyl (C=O) groups is 2. The van der Waals surface area contributed by atoms with Crippen LogP contribution >= 0.6 is 0 Å². The molecule has 3 rings (SSSR count). The number of rotatable bonds is 4. The third-order valence-electron chi connectivity index (χ3n) is 4.74. The van der Waals surface area contributed by atoms with Gasteiger partial charge in [0.1, 0.15) is 0 Å². The van der Waals surface area contributed by atoms with Crippen LogP contribution in [0.5, 0.6) is 0 Å². The molecule has 5 nitrogen and oxygen atoms in total. The molecule has 0 radical (unpaired) electrons. The Balaban J connectivity index is 2.18. The highest BCUT2D eigenvalue weighted by Crippen LogP contribution is 2.37. The fourth-order valence-corrected chi connectivity index (χ4v) is 4.14. The summed E-state index contributed by atoms with van der Waals surface area (Å²) >= 11 is 0. The Morgan fingerprint density at radius 3 is 2.28 bits per heavy atom. The van der Waals surface area contributed by atoms with Gasteiger partial charge in [-0.05, 0) is 12.5 Å². The van der Waals surface area contributed by atoms with E-state index in [1.54, 1.807) is 24.3 Å². The lowest BCUT2D eigenvalue weighted by Crippen LogP contribution is -2.34. The third-order valence-corrected chi connectivity index (χ3v) is 5.53. The van der Waals surface area contributed by atoms with Crippen LogP contribution in [-0.4, -0.2) is 24.8 Å². The summed E-state index contributed by atoms with van der Waals surface area (Å²) < 4.78 is 23.4. The molecule has 25 heavy (non-hydrogen) atoms. The first-order valence-corrected chi connectivity index (χ1v) is 9.41. The van der Waals surface area contributed by atoms with E-state index in [9.17, 15) is 18.0 Å². The molecular formula is C19H19NO4S. The molecule has 0 spiro atoms. The number of ketones is 2. The second kappa shape index (κ2) is 6.80. The summed E-state index contributed by atoms with van der Waals surface area (Å²) in [5.74, 6) is -1.22. The Kier molecular flexibility index (Phi) is 4.72. The molecule has 0 saturated carbocycles. The third kappa shape index (κ3) is 2.87. The molecule has 2 N–H and O–H groups in total. The molecule has 0 heterocycles. The van der Waals surface area contributed by atoms with Crippen molar-refractivity contribution in [3.05, 3.63) is 58.3 Å². The number of hydrogen-bond acceptors (Lipinski definition) is 5. The Morgan fingerprint density at radius 1 is 1.04 bits per heavy atom. The molecule has 6 heteroatoms. The van der Waals surface area contributed by atoms with Gasteiger partial charge in [0, 0.05) is 28.3 Å². The maximum Gasteiger partial charge on any atom is 0.217 e. The molecule has 1 unspecified atom stereocenters. The summed E-state index contributed by atoms with van der Waals surface area (Å²) in [6, 6.07) is 6.55. The molecule has 1 aromatic carbocycles. The monoisotopic (exact) mass is 357 g/mol. The fraction of sp³-hybridized carbons (Fsp3) is 0.316. The summed E-state index contributed by atoms with van der Waals surface area (Å²) in [5.41, 5.74) is 7.29. The Morgan fingerprint density at radius 2 is 1.68 bits per heavy atom. The number of unbranched alkanes of at least 4 members (excludes halogenated alkanes) is 2. The zero-order valence-corrected chi connectivity index (χ0v) is 14.7. The SMILES string of the molecule is CCCCCC1C(N)=C2C(=O)c3ccccc3C(=O)C2=CC1=S(=O)=O. The van der Waals surface area contributed by atoms with E-state index in [4.69, 9.17) is 5.73 Å². The second-order valence-electron chi connectivity index (χ2n) is 6.28. The van der Waals surface area contributed by atoms with Crippen molar-refractivity contribution in [2.75, 3.05) is 0 Å². The number of carbonyl (C=O) groups excluding carboxylic acids is 2. The summed E-state index contributed by atoms with van der Waals surface area (Å²) in [6.07, 6.45) is 4.62. The lowest BCUT2D eigenvalue weighted by molar-refractivity contribution is 0.0971. The van der Waals surface area contributed by atoms with Crippen LogP contribution in [0.4, 0.5) is 0 Å². The van der Waals surface area contributed by atoms with E-state index in [0.29, 0.717) is 12.0 Å². The van der Waals surface area contributed by atoms with E-state index < -0.39 is 16.2 Å². The maximum absolute atomic E-state index is 12.9. The lowest BCUT2D eigenvalue weighted by Gasteiger charge is -2.29. The van der Waals surface area contributed by atoms with Gasteiger partial charge < -0.3 is 5.73 Å². The summed E-state index contributed by atoms with van der Waals surface area (Å²) in [6.45, 7) is 2.05. The molecule has 2 aliphatic rings. The van der Waals surface area contributed by atoms with E-state index in [0.717, 1.165) is 19.3 Å². The second-order valence-corrected chi connectivity index (χ2v) is 7.22. The number of fused-ring (bicyclic) bond motifs is 2. The zero-order valence-electron chi connectivity index (χ0n) is 13.9. The van der Waals surface area contributed by atoms with Gasteiger partial charge in [-0.15, -0.1) is 0 Å². The van der Waals surface area contributed by atoms with E-state index in [-0.39, 0.29) is 38.8 Å². The number of nitrogens with two attached hydrogens (primary N) is 1. The smallest absolute Gasteiger partial charge is 0.217 e. The Bertz CT molecular complexity index is 959. The van der Waals surface area contributed by atoms with Crippen molar-refractivity contribution in [1.29, 1.82) is 0 Å². The predicted molar refractivity (Wildman–Crippen MR) is 96.0 cm³/mol. The predicted octanol–water partition coefficient (Wildman–Crippen LogP) is 2.47. The van der Waals surface area contributed by atoms with Crippen molar-refractivity contribution in [2.45, 2.75) is 32.6 Å². The quantitative estimate of drug-likeness (QED) is 0.660. The van der Waals surface area contributed by atoms with Gasteiger partial charge in [0.25, 0.3) is 0 Å². The number of hydrogen-bond donors (Lipinski definition) is 1. The Labute approximate surface area is 147 Å². The Hall–Kier alpha value is -2.47. The average molecular weight is 357 g/mol. The normalized spacial score (nSPS) is 19.5. The minimum absolute atomic E-state index is 0.0899. The number of benzene rings is 1. The zero-order chi connectivity index (χ0) is 18.1. The van der Waals surface area contributed by atoms with Crippen LogP contribution in [0, 0.1) is 5.92 Å². The average Bonchev–Trinajstić information content (AvgIpc) is 2.60. The molecule has 0 amide bonds. The van der Waals surface area contributed by atoms with Crippen molar-refractivity contribution in [2.24, 2.45) is 11.7 Å². The molecule has 0 saturated heterocycles. The van der Waals surface area contributed by atoms with Crippen LogP contribution in [0.25, 0.3) is 0 Å². The highest BCUT2D eigenvalue weighted by Gasteiger charge is 2.39. The van der Waals surface area contributed by atoms with E-state index in [1.165, 1.54) is 6.08 Å². The van der Waals surface area contributed by atoms with Crippen molar-refractivity contribution < 1.29 is 18.0 Å². The molecule has 0 aliphatic heterocycles. The van der Waals surface area contributed by atoms with Crippen molar-refractivity contribution in [3.8, 4) is 0 Å². The summed E-state index contributed by atoms with van der Waals surface area (Å²) in [5, 5.41) is 0. The van der Waals surface area contributed by atoms with Crippen LogP contribution in [-0.2, 0) is 10.3 Å². The first kappa shape index (κ1) is 17.4. The summed E-state index contributed by atoms with van der Waals surface area (Å²) in [4.78, 5) is 25.7. The van der Waals surface area contributed by atoms with Crippen molar-refractivity contribution in [3.63, 3.8) is 0 Å². The molecule has 0 fully saturated rings. The van der Waals surface area contributed by atoms with Gasteiger partial charge in [0.15, 0.2) is 11.6 Å². The first-order valence-electron chi connectivity index (χ1n) is 8.33. The molecule has 1 atom stereocenters. The molecule has 0 aromatic heterocycles. The molecule has 2 aliphatic carbocycles. The standard InChI is InChI=1S/C19H19NO4S/c1-2-3-4-9-13-15(25(23)24)10-14-16(17(13)20)19(22)12-8-6-5-7-11(12)18(14)21/h5-8,10,13H,2-4,9,20H2,1H3. The largest absolute Gasteiger partial charge is 0.401 e. The lowest BCUT2D eigenvalue weighted by atomic mass is 9.74. The minimum Gasteiger partial charge on any atom is -0.401 e. The molecule has 0 bridgehead atoms. The van der Waals surface area contributed by atoms with E-state index >= 15 is 0 Å². The van der Waals surface area contributed by atoms with Gasteiger partial charge in [-0.3, -0.25) is 9.59 Å². The van der Waals surface area contributed by atoms with Gasteiger partial charge in [0.05, 0.1) is 10.4 Å². The first-order chi connectivity index (χ1) is 12.0. The van der Waals surface area contributed by atoms with Gasteiger partial charge in [-0.25, -0.2) is 0 Å². The van der Waals surface area contributed by atoms with Crippen molar-refractivity contribution >= 4 is 26.7 Å². The van der Waals surface area contributed by atoms with Crippen LogP contribution in [0.15, 0.2) is 47.2 Å². The highest BCUT2D eigenvalue weighted by atomic mass is 32.2. The van der Waals surface area contributed by atoms with Gasteiger partial charge >= 0.3 is 0 Å². The fourth-order valence-electron chi connectivity index (χ4n) is 3.45. The van der Waals surface area contributed by atoms with Gasteiger partial charge in [-0.1, -0.05) is 50.5 Å². The molecular weight excluding hydrogens is 338 g/mol. The molecule has 1 aromatic rings. The van der Waals surface area contributed by atoms with Gasteiger partial charge in [0.2, 0.25) is 10.3 Å². The van der Waals surface area contributed by atoms with Gasteiger partial charge in [-0.2, -0.15) is 8.42 Å². The number of allylic oxidation sites excluding steroid dienone is 4. The topological polar surface area (TPSA) is 94.3 Å². The van der Waals surface area contributed by atoms with Crippen LogP contribution < -0.4 is 5.73 Å². The number of Topliss-reactive ketones (excluding diaryl/α,β-unsaturated/α-hetero) is 2. The summed E-state index contributed by atoms with van der Waals surface area (Å²) in [7, 11) is -2.49. The van der Waals surface area contributed by atoms with E-state index in [2.05, 4.69) is 6.92 Å². The van der Waals surface area contributed by atoms with Crippen molar-refractivity contribution in [1.82, 2.24) is 0 Å². The molecule has 130 valence electrons. The highest BCUT2D eigenvalue weighted by molar-refractivity contribution is 7.73. The van der Waals surface area contributed by atoms with Crippen LogP contribution in [0.3, 0.4) is 0 Å². The van der Waals surface area contributed by atoms with Crippen LogP contribution in [0.1, 0.15) is 53.3 Å². The minimum atomic E-state index is -2.49. The van der Waals surface area contributed by atoms with Crippen LogP contribution in [0.2, 0.25) is 0 Å².